The van der Waals surface area contributed by atoms with Crippen molar-refractivity contribution in [2.75, 3.05) is 0 Å². The Bertz CT molecular complexity index is 299. The van der Waals surface area contributed by atoms with Crippen LogP contribution in [0.25, 0.3) is 0 Å². The van der Waals surface area contributed by atoms with Crippen molar-refractivity contribution in [1.82, 2.24) is 5.23 Å². The summed E-state index contributed by atoms with van der Waals surface area (Å²) in [5.41, 5.74) is 0.690. The van der Waals surface area contributed by atoms with Gasteiger partial charge in [-0.1, -0.05) is 35.6 Å². The van der Waals surface area contributed by atoms with Gasteiger partial charge < -0.3 is 9.90 Å². The van der Waals surface area contributed by atoms with Gasteiger partial charge in [-0.2, -0.15) is 0 Å². The van der Waals surface area contributed by atoms with Crippen LogP contribution in [0.15, 0.2) is 30.3 Å². The maximum Gasteiger partial charge on any atom is 0.106 e. The molecule has 0 aromatic heterocycles. The van der Waals surface area contributed by atoms with Gasteiger partial charge in [0.05, 0.1) is 5.97 Å². The Morgan fingerprint density at radius 2 is 1.93 bits per heavy atom. The molecule has 0 saturated heterocycles. The van der Waals surface area contributed by atoms with Crippen molar-refractivity contribution in [1.29, 1.82) is 0 Å². The summed E-state index contributed by atoms with van der Waals surface area (Å²) in [6, 6.07) is 7.20. The molecule has 5 nitrogen and oxygen atoms in total. The minimum atomic E-state index is -1.53. The van der Waals surface area contributed by atoms with Gasteiger partial charge in [-0.05, 0) is 12.0 Å². The second-order valence-corrected chi connectivity index (χ2v) is 2.84. The zero-order valence-corrected chi connectivity index (χ0v) is 7.33. The number of carboxylic acid groups (broad SMARTS) is 1. The van der Waals surface area contributed by atoms with E-state index in [-0.39, 0.29) is 11.6 Å². The summed E-state index contributed by atoms with van der Waals surface area (Å²) in [5.74, 6) is -1.53. The van der Waals surface area contributed by atoms with Gasteiger partial charge in [0.25, 0.3) is 0 Å². The molecular formula is C9H10NO4-. The Morgan fingerprint density at radius 3 is 2.36 bits per heavy atom. The summed E-state index contributed by atoms with van der Waals surface area (Å²) in [6.45, 7) is 0. The summed E-state index contributed by atoms with van der Waals surface area (Å²) in [4.78, 5) is 10.5. The van der Waals surface area contributed by atoms with E-state index in [1.165, 1.54) is 0 Å². The van der Waals surface area contributed by atoms with E-state index in [2.05, 4.69) is 0 Å². The largest absolute Gasteiger partial charge is 0.548 e. The highest BCUT2D eigenvalue weighted by Gasteiger charge is 2.16. The van der Waals surface area contributed by atoms with Crippen LogP contribution < -0.4 is 5.11 Å². The lowest BCUT2D eigenvalue weighted by atomic mass is 10.1. The maximum absolute atomic E-state index is 10.5. The molecule has 76 valence electrons. The Hall–Kier alpha value is -1.43. The number of rotatable bonds is 4. The maximum atomic E-state index is 10.5. The van der Waals surface area contributed by atoms with Crippen molar-refractivity contribution in [2.24, 2.45) is 0 Å². The van der Waals surface area contributed by atoms with Crippen LogP contribution in [-0.4, -0.2) is 27.7 Å². The molecule has 0 radical (unpaired) electrons. The number of nitrogens with zero attached hydrogens (tertiary/aromatic N) is 1. The Balaban J connectivity index is 2.70. The van der Waals surface area contributed by atoms with Crippen LogP contribution in [0.2, 0.25) is 0 Å². The van der Waals surface area contributed by atoms with E-state index in [9.17, 15) is 9.90 Å². The van der Waals surface area contributed by atoms with Crippen molar-refractivity contribution in [2.45, 2.75) is 12.5 Å². The third-order valence-corrected chi connectivity index (χ3v) is 1.82. The van der Waals surface area contributed by atoms with Gasteiger partial charge in [0, 0.05) is 0 Å². The molecular weight excluding hydrogens is 186 g/mol. The minimum absolute atomic E-state index is 0.0177. The number of hydroxylamine groups is 2. The summed E-state index contributed by atoms with van der Waals surface area (Å²) in [6.07, 6.45) is -0.0177. The molecule has 0 aliphatic heterocycles. The van der Waals surface area contributed by atoms with E-state index in [0.29, 0.717) is 5.56 Å². The lowest BCUT2D eigenvalue weighted by molar-refractivity contribution is -0.363. The number of aliphatic carboxylic acids is 1. The first-order valence-corrected chi connectivity index (χ1v) is 4.03. The third kappa shape index (κ3) is 2.81. The van der Waals surface area contributed by atoms with Crippen molar-refractivity contribution in [3.05, 3.63) is 35.9 Å². The first-order valence-electron chi connectivity index (χ1n) is 4.03. The van der Waals surface area contributed by atoms with E-state index in [1.54, 1.807) is 30.3 Å². The molecule has 0 spiro atoms. The molecule has 0 unspecified atom stereocenters. The Morgan fingerprint density at radius 1 is 1.36 bits per heavy atom. The molecule has 14 heavy (non-hydrogen) atoms. The van der Waals surface area contributed by atoms with Crippen LogP contribution >= 0.6 is 0 Å². The fraction of sp³-hybridized carbons (Fsp3) is 0.222. The average molecular weight is 196 g/mol. The van der Waals surface area contributed by atoms with Crippen molar-refractivity contribution < 1.29 is 20.3 Å². The number of hydrogen-bond acceptors (Lipinski definition) is 5. The molecule has 1 aromatic rings. The predicted molar refractivity (Wildman–Crippen MR) is 44.4 cm³/mol. The standard InChI is InChI=1S/C9H11NO4/c11-9(12)8(10(13)14)6-7-4-2-1-3-5-7/h1-5,8,13-14H,6H2,(H,11,12)/p-1/t8-/m0/s1. The number of carbonyl (C=O) groups is 1. The lowest BCUT2D eigenvalue weighted by Gasteiger charge is -2.21. The topological polar surface area (TPSA) is 83.8 Å². The molecule has 5 heteroatoms. The van der Waals surface area contributed by atoms with Gasteiger partial charge in [0.2, 0.25) is 0 Å². The quantitative estimate of drug-likeness (QED) is 0.630. The monoisotopic (exact) mass is 196 g/mol. The first kappa shape index (κ1) is 10.6. The van der Waals surface area contributed by atoms with E-state index in [0.717, 1.165) is 0 Å². The van der Waals surface area contributed by atoms with E-state index < -0.39 is 12.0 Å². The fourth-order valence-electron chi connectivity index (χ4n) is 1.10. The summed E-state index contributed by atoms with van der Waals surface area (Å²) in [5, 5.41) is 27.4. The number of hydrogen-bond donors (Lipinski definition) is 2. The van der Waals surface area contributed by atoms with Crippen LogP contribution in [0.3, 0.4) is 0 Å². The van der Waals surface area contributed by atoms with E-state index >= 15 is 0 Å². The number of carbonyl (C=O) groups excluding carboxylic acids is 1. The van der Waals surface area contributed by atoms with Crippen molar-refractivity contribution in [3.8, 4) is 0 Å². The zero-order chi connectivity index (χ0) is 10.6. The molecule has 0 amide bonds. The average Bonchev–Trinajstić information content (AvgIpc) is 2.15. The van der Waals surface area contributed by atoms with Crippen LogP contribution in [0.5, 0.6) is 0 Å². The van der Waals surface area contributed by atoms with Crippen molar-refractivity contribution >= 4 is 5.97 Å². The predicted octanol–water partition coefficient (Wildman–Crippen LogP) is -0.572. The van der Waals surface area contributed by atoms with Crippen LogP contribution in [-0.2, 0) is 11.2 Å². The molecule has 0 aliphatic carbocycles. The fourth-order valence-corrected chi connectivity index (χ4v) is 1.10. The van der Waals surface area contributed by atoms with Gasteiger partial charge in [0.1, 0.15) is 6.04 Å². The second kappa shape index (κ2) is 4.71. The zero-order valence-electron chi connectivity index (χ0n) is 7.33. The molecule has 1 aromatic carbocycles. The van der Waals surface area contributed by atoms with Crippen LogP contribution in [0.1, 0.15) is 5.56 Å². The van der Waals surface area contributed by atoms with Gasteiger partial charge in [-0.3, -0.25) is 10.4 Å². The first-order chi connectivity index (χ1) is 6.61. The van der Waals surface area contributed by atoms with E-state index in [1.807, 2.05) is 0 Å². The highest BCUT2D eigenvalue weighted by molar-refractivity contribution is 5.71. The van der Waals surface area contributed by atoms with Gasteiger partial charge >= 0.3 is 0 Å². The second-order valence-electron chi connectivity index (χ2n) is 2.84. The Kier molecular flexibility index (Phi) is 3.58. The molecule has 0 saturated carbocycles. The number of carboxylic acids is 1. The highest BCUT2D eigenvalue weighted by atomic mass is 16.8. The molecule has 2 N–H and O–H groups in total. The molecule has 0 fully saturated rings. The highest BCUT2D eigenvalue weighted by Crippen LogP contribution is 2.05. The van der Waals surface area contributed by atoms with Crippen LogP contribution in [0, 0.1) is 0 Å². The van der Waals surface area contributed by atoms with Crippen molar-refractivity contribution in [3.63, 3.8) is 0 Å². The molecule has 1 atom stereocenters. The SMILES string of the molecule is O=C([O-])[C@H](Cc1ccccc1)N(O)O. The Labute approximate surface area is 80.7 Å². The lowest BCUT2D eigenvalue weighted by Crippen LogP contribution is -2.46. The summed E-state index contributed by atoms with van der Waals surface area (Å²) in [7, 11) is 0. The smallest absolute Gasteiger partial charge is 0.106 e. The molecule has 0 aliphatic rings. The molecule has 1 rings (SSSR count). The molecule has 0 bridgehead atoms. The summed E-state index contributed by atoms with van der Waals surface area (Å²) >= 11 is 0. The number of benzene rings is 1. The van der Waals surface area contributed by atoms with E-state index in [4.69, 9.17) is 10.4 Å². The minimum Gasteiger partial charge on any atom is -0.548 e. The summed E-state index contributed by atoms with van der Waals surface area (Å²) < 4.78 is 0. The van der Waals surface area contributed by atoms with Crippen LogP contribution in [0.4, 0.5) is 0 Å². The van der Waals surface area contributed by atoms with Gasteiger partial charge in [-0.25, -0.2) is 0 Å². The van der Waals surface area contributed by atoms with Gasteiger partial charge in [-0.15, -0.1) is 0 Å². The third-order valence-electron chi connectivity index (χ3n) is 1.82. The molecule has 0 heterocycles. The van der Waals surface area contributed by atoms with Gasteiger partial charge in [0.15, 0.2) is 0 Å². The normalized spacial score (nSPS) is 12.8.